The highest BCUT2D eigenvalue weighted by molar-refractivity contribution is 9.10. The average molecular weight is 530 g/mol. The van der Waals surface area contributed by atoms with Crippen molar-refractivity contribution in [2.45, 2.75) is 45.1 Å². The van der Waals surface area contributed by atoms with Gasteiger partial charge in [-0.2, -0.15) is 0 Å². The molecule has 3 aromatic carbocycles. The van der Waals surface area contributed by atoms with Crippen molar-refractivity contribution < 1.29 is 13.2 Å². The average Bonchev–Trinajstić information content (AvgIpc) is 2.77. The summed E-state index contributed by atoms with van der Waals surface area (Å²) in [7, 11) is -3.94. The summed E-state index contributed by atoms with van der Waals surface area (Å²) in [6, 6.07) is 19.5. The van der Waals surface area contributed by atoms with Crippen molar-refractivity contribution in [3.63, 3.8) is 0 Å². The molecule has 0 radical (unpaired) electrons. The Balaban J connectivity index is 1.91. The summed E-state index contributed by atoms with van der Waals surface area (Å²) in [6.07, 6.45) is 0.693. The molecule has 3 aromatic rings. The van der Waals surface area contributed by atoms with E-state index < -0.39 is 10.0 Å². The van der Waals surface area contributed by atoms with Crippen molar-refractivity contribution in [2.75, 3.05) is 10.8 Å². The normalized spacial score (nSPS) is 12.3. The zero-order valence-corrected chi connectivity index (χ0v) is 21.7. The Hall–Kier alpha value is -2.64. The number of nitrogens with one attached hydrogen (secondary N) is 1. The van der Waals surface area contributed by atoms with Crippen LogP contribution in [0.2, 0.25) is 0 Å². The first-order valence-corrected chi connectivity index (χ1v) is 13.1. The molecule has 0 aliphatic carbocycles. The van der Waals surface area contributed by atoms with Gasteiger partial charge in [0.2, 0.25) is 5.91 Å². The molecule has 0 aliphatic heterocycles. The molecule has 0 saturated heterocycles. The second-order valence-corrected chi connectivity index (χ2v) is 11.0. The van der Waals surface area contributed by atoms with Gasteiger partial charge in [0.15, 0.2) is 0 Å². The largest absolute Gasteiger partial charge is 0.348 e. The van der Waals surface area contributed by atoms with E-state index in [4.69, 9.17) is 0 Å². The molecule has 0 heterocycles. The molecular weight excluding hydrogens is 500 g/mol. The highest BCUT2D eigenvalue weighted by Crippen LogP contribution is 2.26. The molecule has 1 unspecified atom stereocenters. The fourth-order valence-corrected chi connectivity index (χ4v) is 5.43. The lowest BCUT2D eigenvalue weighted by molar-refractivity contribution is -0.120. The van der Waals surface area contributed by atoms with Gasteiger partial charge < -0.3 is 5.32 Å². The van der Waals surface area contributed by atoms with Crippen LogP contribution in [0.3, 0.4) is 0 Å². The Morgan fingerprint density at radius 1 is 0.939 bits per heavy atom. The molecule has 1 N–H and O–H groups in total. The van der Waals surface area contributed by atoms with Gasteiger partial charge in [0.1, 0.15) is 6.54 Å². The molecule has 0 spiro atoms. The second kappa shape index (κ2) is 10.5. The molecule has 1 atom stereocenters. The lowest BCUT2D eigenvalue weighted by Gasteiger charge is -2.26. The third kappa shape index (κ3) is 6.03. The van der Waals surface area contributed by atoms with Gasteiger partial charge in [-0.15, -0.1) is 0 Å². The predicted octanol–water partition coefficient (Wildman–Crippen LogP) is 5.84. The maximum absolute atomic E-state index is 13.5. The van der Waals surface area contributed by atoms with E-state index in [1.165, 1.54) is 0 Å². The number of rotatable bonds is 8. The van der Waals surface area contributed by atoms with Crippen molar-refractivity contribution in [3.05, 3.63) is 93.5 Å². The number of sulfonamides is 1. The van der Waals surface area contributed by atoms with Gasteiger partial charge in [-0.1, -0.05) is 64.3 Å². The Kier molecular flexibility index (Phi) is 7.97. The number of carbonyl (C=O) groups is 1. The quantitative estimate of drug-likeness (QED) is 0.399. The number of nitrogens with zero attached hydrogens (tertiary/aromatic N) is 1. The zero-order valence-electron chi connectivity index (χ0n) is 19.3. The summed E-state index contributed by atoms with van der Waals surface area (Å²) >= 11 is 3.38. The lowest BCUT2D eigenvalue weighted by atomic mass is 9.97. The molecule has 3 rings (SSSR count). The third-order valence-corrected chi connectivity index (χ3v) is 7.87. The van der Waals surface area contributed by atoms with E-state index in [-0.39, 0.29) is 23.4 Å². The first-order chi connectivity index (χ1) is 15.6. The summed E-state index contributed by atoms with van der Waals surface area (Å²) in [5, 5.41) is 3.03. The maximum atomic E-state index is 13.5. The third-order valence-electron chi connectivity index (χ3n) is 5.55. The van der Waals surface area contributed by atoms with E-state index in [0.717, 1.165) is 31.0 Å². The van der Waals surface area contributed by atoms with Crippen LogP contribution in [0, 0.1) is 20.8 Å². The van der Waals surface area contributed by atoms with E-state index in [2.05, 4.69) is 27.3 Å². The van der Waals surface area contributed by atoms with Gasteiger partial charge in [0.05, 0.1) is 16.6 Å². The number of benzene rings is 3. The predicted molar refractivity (Wildman–Crippen MR) is 137 cm³/mol. The number of anilines is 1. The van der Waals surface area contributed by atoms with Crippen LogP contribution in [0.1, 0.15) is 41.6 Å². The zero-order chi connectivity index (χ0) is 24.2. The number of aryl methyl sites for hydroxylation is 3. The molecule has 0 aromatic heterocycles. The highest BCUT2D eigenvalue weighted by atomic mass is 79.9. The first-order valence-electron chi connectivity index (χ1n) is 10.8. The molecule has 0 saturated carbocycles. The van der Waals surface area contributed by atoms with Crippen molar-refractivity contribution in [1.29, 1.82) is 0 Å². The summed E-state index contributed by atoms with van der Waals surface area (Å²) in [4.78, 5) is 13.3. The number of carbonyl (C=O) groups excluding carboxylic acids is 1. The van der Waals surface area contributed by atoms with Crippen molar-refractivity contribution >= 4 is 37.5 Å². The van der Waals surface area contributed by atoms with E-state index in [0.29, 0.717) is 12.1 Å². The fraction of sp³-hybridized carbons (Fsp3) is 0.269. The second-order valence-electron chi connectivity index (χ2n) is 8.19. The van der Waals surface area contributed by atoms with Crippen LogP contribution >= 0.6 is 15.9 Å². The van der Waals surface area contributed by atoms with Gasteiger partial charge >= 0.3 is 0 Å². The van der Waals surface area contributed by atoms with Crippen LogP contribution in [0.15, 0.2) is 76.1 Å². The summed E-state index contributed by atoms with van der Waals surface area (Å²) < 4.78 is 29.0. The summed E-state index contributed by atoms with van der Waals surface area (Å²) in [5.41, 5.74) is 4.67. The van der Waals surface area contributed by atoms with Gasteiger partial charge in [0.25, 0.3) is 10.0 Å². The van der Waals surface area contributed by atoms with Crippen molar-refractivity contribution in [3.8, 4) is 0 Å². The lowest BCUT2D eigenvalue weighted by Crippen LogP contribution is -2.42. The number of hydrogen-bond donors (Lipinski definition) is 1. The molecule has 0 aliphatic rings. The first kappa shape index (κ1) is 25.0. The SMILES string of the molecule is CCC(NC(=O)CN(c1ccc(Br)cc1)S(=O)(=O)c1ccc(C)cc1)c1ccc(C)cc1C. The van der Waals surface area contributed by atoms with Gasteiger partial charge in [0, 0.05) is 4.47 Å². The van der Waals surface area contributed by atoms with Crippen molar-refractivity contribution in [2.24, 2.45) is 0 Å². The molecule has 7 heteroatoms. The van der Waals surface area contributed by atoms with E-state index >= 15 is 0 Å². The molecule has 5 nitrogen and oxygen atoms in total. The highest BCUT2D eigenvalue weighted by Gasteiger charge is 2.28. The Morgan fingerprint density at radius 2 is 1.55 bits per heavy atom. The Bertz CT molecular complexity index is 1220. The minimum Gasteiger partial charge on any atom is -0.348 e. The Labute approximate surface area is 205 Å². The van der Waals surface area contributed by atoms with E-state index in [1.807, 2.05) is 39.8 Å². The molecule has 0 fully saturated rings. The summed E-state index contributed by atoms with van der Waals surface area (Å²) in [6.45, 7) is 7.63. The minimum absolute atomic E-state index is 0.144. The molecule has 1 amide bonds. The smallest absolute Gasteiger partial charge is 0.264 e. The minimum atomic E-state index is -3.94. The van der Waals surface area contributed by atoms with Crippen LogP contribution in [0.25, 0.3) is 0 Å². The van der Waals surface area contributed by atoms with Crippen molar-refractivity contribution in [1.82, 2.24) is 5.32 Å². The van der Waals surface area contributed by atoms with Crippen LogP contribution in [0.4, 0.5) is 5.69 Å². The van der Waals surface area contributed by atoms with Crippen LogP contribution < -0.4 is 9.62 Å². The summed E-state index contributed by atoms with van der Waals surface area (Å²) in [5.74, 6) is -0.361. The van der Waals surface area contributed by atoms with E-state index in [9.17, 15) is 13.2 Å². The molecule has 33 heavy (non-hydrogen) atoms. The topological polar surface area (TPSA) is 66.5 Å². The van der Waals surface area contributed by atoms with Crippen LogP contribution in [-0.2, 0) is 14.8 Å². The van der Waals surface area contributed by atoms with Gasteiger partial charge in [-0.3, -0.25) is 9.10 Å². The Morgan fingerprint density at radius 3 is 2.12 bits per heavy atom. The van der Waals surface area contributed by atoms with E-state index in [1.54, 1.807) is 48.5 Å². The van der Waals surface area contributed by atoms with Gasteiger partial charge in [-0.05, 0) is 74.7 Å². The monoisotopic (exact) mass is 528 g/mol. The number of hydrogen-bond acceptors (Lipinski definition) is 3. The standard InChI is InChI=1S/C26H29BrN2O3S/c1-5-25(24-15-8-19(3)16-20(24)4)28-26(30)17-29(22-11-9-21(27)10-12-22)33(31,32)23-13-6-18(2)7-14-23/h6-16,25H,5,17H2,1-4H3,(H,28,30). The molecule has 174 valence electrons. The van der Waals surface area contributed by atoms with Crippen LogP contribution in [0.5, 0.6) is 0 Å². The fourth-order valence-electron chi connectivity index (χ4n) is 3.75. The van der Waals surface area contributed by atoms with Gasteiger partial charge in [-0.25, -0.2) is 8.42 Å². The number of amides is 1. The maximum Gasteiger partial charge on any atom is 0.264 e. The molecular formula is C26H29BrN2O3S. The molecule has 0 bridgehead atoms. The van der Waals surface area contributed by atoms with Crippen LogP contribution in [-0.4, -0.2) is 20.9 Å². The number of halogens is 1.